The van der Waals surface area contributed by atoms with Crippen LogP contribution in [0.15, 0.2) is 23.3 Å². The summed E-state index contributed by atoms with van der Waals surface area (Å²) in [5.74, 6) is 0. The summed E-state index contributed by atoms with van der Waals surface area (Å²) in [6.07, 6.45) is 8.07. The van der Waals surface area contributed by atoms with Crippen LogP contribution in [0.1, 0.15) is 48.0 Å². The molecule has 0 saturated carbocycles. The first-order valence-electron chi connectivity index (χ1n) is 5.46. The van der Waals surface area contributed by atoms with Gasteiger partial charge in [-0.1, -0.05) is 59.3 Å². The van der Waals surface area contributed by atoms with E-state index in [2.05, 4.69) is 60.1 Å². The van der Waals surface area contributed by atoms with E-state index in [1.54, 1.807) is 5.57 Å². The van der Waals surface area contributed by atoms with Gasteiger partial charge in [-0.25, -0.2) is 0 Å². The van der Waals surface area contributed by atoms with Gasteiger partial charge >= 0.3 is 0 Å². The summed E-state index contributed by atoms with van der Waals surface area (Å²) >= 11 is 0. The molecule has 1 radical (unpaired) electrons. The second kappa shape index (κ2) is 3.56. The van der Waals surface area contributed by atoms with Crippen molar-refractivity contribution >= 4 is 0 Å². The molecule has 0 heteroatoms. The number of allylic oxidation sites excluding steroid dienone is 4. The molecule has 0 spiro atoms. The maximum atomic E-state index is 2.39. The van der Waals surface area contributed by atoms with Crippen molar-refractivity contribution in [3.63, 3.8) is 0 Å². The molecule has 0 heterocycles. The Morgan fingerprint density at radius 3 is 1.93 bits per heavy atom. The van der Waals surface area contributed by atoms with E-state index in [4.69, 9.17) is 0 Å². The van der Waals surface area contributed by atoms with Crippen molar-refractivity contribution < 1.29 is 0 Å². The molecule has 1 aliphatic rings. The molecule has 1 rings (SSSR count). The lowest BCUT2D eigenvalue weighted by atomic mass is 9.75. The summed E-state index contributed by atoms with van der Waals surface area (Å²) in [7, 11) is 0. The molecular formula is C14H23. The molecule has 1 aliphatic carbocycles. The Morgan fingerprint density at radius 1 is 0.929 bits per heavy atom. The van der Waals surface area contributed by atoms with Crippen LogP contribution >= 0.6 is 0 Å². The van der Waals surface area contributed by atoms with Crippen LogP contribution in [0, 0.1) is 17.3 Å². The highest BCUT2D eigenvalue weighted by Crippen LogP contribution is 2.37. The average molecular weight is 191 g/mol. The molecule has 0 aromatic rings. The summed E-state index contributed by atoms with van der Waals surface area (Å²) in [6, 6.07) is 0. The van der Waals surface area contributed by atoms with Crippen LogP contribution in [0.5, 0.6) is 0 Å². The first-order valence-corrected chi connectivity index (χ1v) is 5.46. The Bertz CT molecular complexity index is 263. The van der Waals surface area contributed by atoms with Crippen LogP contribution in [0.3, 0.4) is 0 Å². The van der Waals surface area contributed by atoms with Gasteiger partial charge in [-0.05, 0) is 29.2 Å². The Morgan fingerprint density at radius 2 is 1.50 bits per heavy atom. The zero-order valence-corrected chi connectivity index (χ0v) is 10.4. The third-order valence-corrected chi connectivity index (χ3v) is 2.79. The van der Waals surface area contributed by atoms with Crippen molar-refractivity contribution in [1.82, 2.24) is 0 Å². The van der Waals surface area contributed by atoms with Gasteiger partial charge in [0, 0.05) is 0 Å². The predicted octanol–water partition coefficient (Wildman–Crippen LogP) is 4.54. The van der Waals surface area contributed by atoms with E-state index in [-0.39, 0.29) is 5.41 Å². The molecule has 0 N–H and O–H groups in total. The van der Waals surface area contributed by atoms with Crippen molar-refractivity contribution in [2.24, 2.45) is 10.8 Å². The zero-order valence-electron chi connectivity index (χ0n) is 10.4. The Labute approximate surface area is 89.1 Å². The van der Waals surface area contributed by atoms with Gasteiger partial charge in [0.1, 0.15) is 0 Å². The monoisotopic (exact) mass is 191 g/mol. The van der Waals surface area contributed by atoms with E-state index >= 15 is 0 Å². The third-order valence-electron chi connectivity index (χ3n) is 2.79. The van der Waals surface area contributed by atoms with E-state index < -0.39 is 0 Å². The van der Waals surface area contributed by atoms with Crippen LogP contribution < -0.4 is 0 Å². The molecule has 0 fully saturated rings. The first kappa shape index (κ1) is 11.6. The summed E-state index contributed by atoms with van der Waals surface area (Å²) in [4.78, 5) is 0. The zero-order chi connectivity index (χ0) is 11.0. The largest absolute Gasteiger partial charge is 0.0767 e. The molecule has 0 aliphatic heterocycles. The SMILES string of the molecule is CC(C)(C)C1=C[CH]CC(C(C)(C)C)=C1. The van der Waals surface area contributed by atoms with Gasteiger partial charge in [0.05, 0.1) is 0 Å². The summed E-state index contributed by atoms with van der Waals surface area (Å²) in [5, 5.41) is 0. The highest BCUT2D eigenvalue weighted by molar-refractivity contribution is 5.37. The molecule has 0 aromatic carbocycles. The van der Waals surface area contributed by atoms with Gasteiger partial charge in [0.15, 0.2) is 0 Å². The molecule has 0 atom stereocenters. The van der Waals surface area contributed by atoms with E-state index in [1.165, 1.54) is 5.57 Å². The fourth-order valence-corrected chi connectivity index (χ4v) is 1.60. The minimum Gasteiger partial charge on any atom is -0.0767 e. The van der Waals surface area contributed by atoms with E-state index in [1.807, 2.05) is 0 Å². The summed E-state index contributed by atoms with van der Waals surface area (Å²) in [6.45, 7) is 13.7. The number of hydrogen-bond donors (Lipinski definition) is 0. The van der Waals surface area contributed by atoms with Gasteiger partial charge in [0.25, 0.3) is 0 Å². The smallest absolute Gasteiger partial charge is 0.0124 e. The van der Waals surface area contributed by atoms with Crippen molar-refractivity contribution in [1.29, 1.82) is 0 Å². The molecule has 0 nitrogen and oxygen atoms in total. The van der Waals surface area contributed by atoms with Crippen LogP contribution in [0.2, 0.25) is 0 Å². The van der Waals surface area contributed by atoms with Crippen molar-refractivity contribution in [2.75, 3.05) is 0 Å². The highest BCUT2D eigenvalue weighted by Gasteiger charge is 2.23. The molecule has 14 heavy (non-hydrogen) atoms. The summed E-state index contributed by atoms with van der Waals surface area (Å²) in [5.41, 5.74) is 3.58. The van der Waals surface area contributed by atoms with Crippen LogP contribution in [0.25, 0.3) is 0 Å². The molecular weight excluding hydrogens is 168 g/mol. The quantitative estimate of drug-likeness (QED) is 0.527. The van der Waals surface area contributed by atoms with Crippen LogP contribution in [0.4, 0.5) is 0 Å². The van der Waals surface area contributed by atoms with E-state index in [0.29, 0.717) is 5.41 Å². The molecule has 79 valence electrons. The van der Waals surface area contributed by atoms with Crippen LogP contribution in [-0.4, -0.2) is 0 Å². The van der Waals surface area contributed by atoms with Gasteiger partial charge in [-0.3, -0.25) is 0 Å². The third kappa shape index (κ3) is 2.73. The maximum Gasteiger partial charge on any atom is -0.0124 e. The summed E-state index contributed by atoms with van der Waals surface area (Å²) < 4.78 is 0. The van der Waals surface area contributed by atoms with Crippen molar-refractivity contribution in [3.8, 4) is 0 Å². The Kier molecular flexibility index (Phi) is 2.94. The van der Waals surface area contributed by atoms with Gasteiger partial charge in [-0.15, -0.1) is 0 Å². The Balaban J connectivity index is 2.95. The van der Waals surface area contributed by atoms with Gasteiger partial charge in [0.2, 0.25) is 0 Å². The second-order valence-electron chi connectivity index (χ2n) is 6.23. The number of hydrogen-bond acceptors (Lipinski definition) is 0. The normalized spacial score (nSPS) is 19.0. The fraction of sp³-hybridized carbons (Fsp3) is 0.643. The van der Waals surface area contributed by atoms with Crippen LogP contribution in [-0.2, 0) is 0 Å². The van der Waals surface area contributed by atoms with E-state index in [9.17, 15) is 0 Å². The maximum absolute atomic E-state index is 2.39. The Hall–Kier alpha value is -0.520. The average Bonchev–Trinajstić information content (AvgIpc) is 2.01. The highest BCUT2D eigenvalue weighted by atomic mass is 14.3. The minimum atomic E-state index is 0.271. The first-order chi connectivity index (χ1) is 6.21. The lowest BCUT2D eigenvalue weighted by molar-refractivity contribution is 0.474. The van der Waals surface area contributed by atoms with Crippen molar-refractivity contribution in [2.45, 2.75) is 48.0 Å². The van der Waals surface area contributed by atoms with Gasteiger partial charge in [-0.2, -0.15) is 0 Å². The topological polar surface area (TPSA) is 0 Å². The molecule has 0 unspecified atom stereocenters. The lowest BCUT2D eigenvalue weighted by Crippen LogP contribution is -2.16. The minimum absolute atomic E-state index is 0.271. The predicted molar refractivity (Wildman–Crippen MR) is 64.0 cm³/mol. The molecule has 0 saturated heterocycles. The van der Waals surface area contributed by atoms with Crippen molar-refractivity contribution in [3.05, 3.63) is 29.7 Å². The lowest BCUT2D eigenvalue weighted by Gasteiger charge is -2.30. The molecule has 0 bridgehead atoms. The van der Waals surface area contributed by atoms with Gasteiger partial charge < -0.3 is 0 Å². The number of rotatable bonds is 0. The molecule has 0 amide bonds. The second-order valence-corrected chi connectivity index (χ2v) is 6.23. The fourth-order valence-electron chi connectivity index (χ4n) is 1.60. The van der Waals surface area contributed by atoms with E-state index in [0.717, 1.165) is 6.42 Å². The molecule has 0 aromatic heterocycles. The standard InChI is InChI=1S/C14H23/c1-13(2,3)11-8-7-9-12(10-11)14(4,5)6/h7-8,10H,9H2,1-6H3.